The highest BCUT2D eigenvalue weighted by atomic mass is 79.9. The van der Waals surface area contributed by atoms with Crippen LogP contribution in [-0.4, -0.2) is 24.0 Å². The average molecular weight is 463 g/mol. The number of likely N-dealkylation sites (tertiary alicyclic amines) is 1. The highest BCUT2D eigenvalue weighted by molar-refractivity contribution is 9.10. The summed E-state index contributed by atoms with van der Waals surface area (Å²) in [5, 5.41) is 0. The van der Waals surface area contributed by atoms with E-state index in [1.54, 1.807) is 6.42 Å². The third kappa shape index (κ3) is 6.82. The van der Waals surface area contributed by atoms with Crippen LogP contribution in [0.5, 0.6) is 0 Å². The van der Waals surface area contributed by atoms with Gasteiger partial charge in [-0.15, -0.1) is 0 Å². The van der Waals surface area contributed by atoms with Crippen LogP contribution in [0.25, 0.3) is 0 Å². The highest BCUT2D eigenvalue weighted by Gasteiger charge is 2.64. The molecule has 0 spiro atoms. The minimum Gasteiger partial charge on any atom is -0.300 e. The lowest BCUT2D eigenvalue weighted by atomic mass is 9.89. The first-order chi connectivity index (χ1) is 14.1. The van der Waals surface area contributed by atoms with Crippen LogP contribution < -0.4 is 0 Å². The molecule has 1 aromatic carbocycles. The van der Waals surface area contributed by atoms with E-state index in [1.165, 1.54) is 92.2 Å². The molecule has 3 aliphatic rings. The summed E-state index contributed by atoms with van der Waals surface area (Å²) in [6.07, 6.45) is 12.4. The summed E-state index contributed by atoms with van der Waals surface area (Å²) < 4.78 is 1.18. The first-order valence-corrected chi connectivity index (χ1v) is 13.3. The Hall–Kier alpha value is -0.340. The number of fused-ring (bicyclic) bond motifs is 1. The number of nitrogens with zero attached hydrogens (tertiary/aromatic N) is 1. The zero-order chi connectivity index (χ0) is 20.8. The Morgan fingerprint density at radius 3 is 1.97 bits per heavy atom. The van der Waals surface area contributed by atoms with Gasteiger partial charge in [0.25, 0.3) is 0 Å². The number of rotatable bonds is 9. The van der Waals surface area contributed by atoms with E-state index in [-0.39, 0.29) is 0 Å². The molecule has 0 amide bonds. The molecule has 29 heavy (non-hydrogen) atoms. The van der Waals surface area contributed by atoms with Gasteiger partial charge < -0.3 is 4.90 Å². The molecule has 3 fully saturated rings. The van der Waals surface area contributed by atoms with Crippen molar-refractivity contribution in [2.45, 2.75) is 91.5 Å². The third-order valence-corrected chi connectivity index (χ3v) is 8.42. The zero-order valence-electron chi connectivity index (χ0n) is 19.4. The van der Waals surface area contributed by atoms with Crippen molar-refractivity contribution in [3.05, 3.63) is 34.3 Å². The Labute approximate surface area is 189 Å². The molecule has 1 aliphatic heterocycles. The van der Waals surface area contributed by atoms with Crippen LogP contribution in [0.3, 0.4) is 0 Å². The Bertz CT molecular complexity index is 575. The van der Waals surface area contributed by atoms with Crippen LogP contribution in [0.15, 0.2) is 28.7 Å². The molecule has 1 nitrogen and oxygen atoms in total. The summed E-state index contributed by atoms with van der Waals surface area (Å²) in [6, 6.07) is 9.72. The van der Waals surface area contributed by atoms with Crippen LogP contribution >= 0.6 is 15.9 Å². The number of hydrogen-bond donors (Lipinski definition) is 0. The van der Waals surface area contributed by atoms with Crippen molar-refractivity contribution < 1.29 is 0 Å². The number of benzene rings is 1. The molecule has 0 bridgehead atoms. The van der Waals surface area contributed by atoms with Gasteiger partial charge >= 0.3 is 0 Å². The topological polar surface area (TPSA) is 3.24 Å². The van der Waals surface area contributed by atoms with E-state index in [0.717, 1.165) is 17.9 Å². The Kier molecular flexibility index (Phi) is 9.11. The zero-order valence-corrected chi connectivity index (χ0v) is 21.0. The van der Waals surface area contributed by atoms with Crippen molar-refractivity contribution in [2.24, 2.45) is 29.6 Å². The summed E-state index contributed by atoms with van der Waals surface area (Å²) in [5.74, 6) is 5.53. The average Bonchev–Trinajstić information content (AvgIpc) is 3.63. The standard InChI is InChI=1S/C19H30BrN.C8H14/c1-3-5-19(6-4-2)21-13-11-17(12-14-21)15-16-7-9-18(20)10-8-16;1-3-5(2)8-6-4-7(6)8/h7-10,17,19H,3-6,11-15H2,1-2H3;5-8H,3-4H2,1-2H3. The van der Waals surface area contributed by atoms with Crippen LogP contribution in [-0.2, 0) is 6.42 Å². The van der Waals surface area contributed by atoms with E-state index in [1.807, 2.05) is 0 Å². The molecule has 1 aromatic rings. The number of halogens is 1. The fourth-order valence-corrected chi connectivity index (χ4v) is 5.86. The van der Waals surface area contributed by atoms with E-state index >= 15 is 0 Å². The summed E-state index contributed by atoms with van der Waals surface area (Å²) in [4.78, 5) is 2.77. The van der Waals surface area contributed by atoms with Crippen molar-refractivity contribution in [2.75, 3.05) is 13.1 Å². The van der Waals surface area contributed by atoms with Crippen molar-refractivity contribution in [3.63, 3.8) is 0 Å². The lowest BCUT2D eigenvalue weighted by molar-refractivity contribution is 0.119. The maximum absolute atomic E-state index is 3.52. The van der Waals surface area contributed by atoms with Crippen molar-refractivity contribution >= 4 is 15.9 Å². The fourth-order valence-electron chi connectivity index (χ4n) is 5.60. The van der Waals surface area contributed by atoms with Gasteiger partial charge in [-0.2, -0.15) is 0 Å². The van der Waals surface area contributed by atoms with Gasteiger partial charge in [0.05, 0.1) is 0 Å². The molecule has 2 saturated carbocycles. The second kappa shape index (κ2) is 11.3. The monoisotopic (exact) mass is 461 g/mol. The van der Waals surface area contributed by atoms with E-state index in [0.29, 0.717) is 0 Å². The maximum Gasteiger partial charge on any atom is 0.0175 e. The van der Waals surface area contributed by atoms with Crippen LogP contribution in [0.2, 0.25) is 0 Å². The molecule has 1 heterocycles. The summed E-state index contributed by atoms with van der Waals surface area (Å²) in [6.45, 7) is 12.0. The van der Waals surface area contributed by atoms with Gasteiger partial charge in [-0.1, -0.05) is 75.0 Å². The van der Waals surface area contributed by atoms with Gasteiger partial charge in [0, 0.05) is 10.5 Å². The predicted octanol–water partition coefficient (Wildman–Crippen LogP) is 7.97. The smallest absolute Gasteiger partial charge is 0.0175 e. The normalized spacial score (nSPS) is 27.2. The molecule has 4 rings (SSSR count). The molecule has 3 atom stereocenters. The van der Waals surface area contributed by atoms with Crippen molar-refractivity contribution in [1.29, 1.82) is 0 Å². The van der Waals surface area contributed by atoms with Crippen LogP contribution in [0.1, 0.15) is 84.6 Å². The molecule has 2 heteroatoms. The lowest BCUT2D eigenvalue weighted by Crippen LogP contribution is -2.41. The van der Waals surface area contributed by atoms with Gasteiger partial charge in [0.2, 0.25) is 0 Å². The van der Waals surface area contributed by atoms with Gasteiger partial charge in [-0.3, -0.25) is 0 Å². The van der Waals surface area contributed by atoms with E-state index in [4.69, 9.17) is 0 Å². The molecule has 164 valence electrons. The lowest BCUT2D eigenvalue weighted by Gasteiger charge is -2.37. The number of piperidine rings is 1. The maximum atomic E-state index is 3.52. The van der Waals surface area contributed by atoms with Crippen LogP contribution in [0.4, 0.5) is 0 Å². The van der Waals surface area contributed by atoms with E-state index in [2.05, 4.69) is 72.8 Å². The quantitative estimate of drug-likeness (QED) is 0.360. The Morgan fingerprint density at radius 1 is 0.966 bits per heavy atom. The molecule has 0 aromatic heterocycles. The fraction of sp³-hybridized carbons (Fsp3) is 0.778. The van der Waals surface area contributed by atoms with Gasteiger partial charge in [-0.05, 0) is 98.9 Å². The largest absolute Gasteiger partial charge is 0.300 e. The molecule has 0 N–H and O–H groups in total. The predicted molar refractivity (Wildman–Crippen MR) is 130 cm³/mol. The molecule has 3 unspecified atom stereocenters. The third-order valence-electron chi connectivity index (χ3n) is 7.89. The summed E-state index contributed by atoms with van der Waals surface area (Å²) in [5.41, 5.74) is 1.50. The number of hydrogen-bond acceptors (Lipinski definition) is 1. The first-order valence-electron chi connectivity index (χ1n) is 12.6. The van der Waals surface area contributed by atoms with Crippen molar-refractivity contribution in [1.82, 2.24) is 4.90 Å². The summed E-state index contributed by atoms with van der Waals surface area (Å²) >= 11 is 3.52. The molecular formula is C27H44BrN. The molecule has 0 radical (unpaired) electrons. The second-order valence-electron chi connectivity index (χ2n) is 10.1. The van der Waals surface area contributed by atoms with E-state index in [9.17, 15) is 0 Å². The second-order valence-corrected chi connectivity index (χ2v) is 11.0. The molecule has 1 saturated heterocycles. The molecular weight excluding hydrogens is 418 g/mol. The van der Waals surface area contributed by atoms with Gasteiger partial charge in [0.1, 0.15) is 0 Å². The van der Waals surface area contributed by atoms with Crippen LogP contribution in [0, 0.1) is 29.6 Å². The Morgan fingerprint density at radius 2 is 1.55 bits per heavy atom. The van der Waals surface area contributed by atoms with E-state index < -0.39 is 0 Å². The van der Waals surface area contributed by atoms with Gasteiger partial charge in [-0.25, -0.2) is 0 Å². The molecule has 2 aliphatic carbocycles. The summed E-state index contributed by atoms with van der Waals surface area (Å²) in [7, 11) is 0. The minimum absolute atomic E-state index is 0.841. The minimum atomic E-state index is 0.841. The van der Waals surface area contributed by atoms with Crippen molar-refractivity contribution in [3.8, 4) is 0 Å². The highest BCUT2D eigenvalue weighted by Crippen LogP contribution is 2.71. The SMILES string of the molecule is CCC(C)C1C2CC21.CCCC(CCC)N1CCC(Cc2ccc(Br)cc2)CC1. The Balaban J connectivity index is 0.000000246. The first kappa shape index (κ1) is 23.3. The van der Waals surface area contributed by atoms with Gasteiger partial charge in [0.15, 0.2) is 0 Å².